The van der Waals surface area contributed by atoms with Gasteiger partial charge in [-0.1, -0.05) is 17.7 Å². The van der Waals surface area contributed by atoms with E-state index in [4.69, 9.17) is 16.3 Å². The molecule has 0 amide bonds. The third-order valence-electron chi connectivity index (χ3n) is 5.61. The molecule has 0 radical (unpaired) electrons. The van der Waals surface area contributed by atoms with Crippen LogP contribution in [0, 0.1) is 19.8 Å². The van der Waals surface area contributed by atoms with E-state index in [0.29, 0.717) is 41.3 Å². The summed E-state index contributed by atoms with van der Waals surface area (Å²) < 4.78 is 7.29. The average Bonchev–Trinajstić information content (AvgIpc) is 3.49. The minimum absolute atomic E-state index is 0.0882. The second-order valence-electron chi connectivity index (χ2n) is 7.95. The molecule has 3 heterocycles. The van der Waals surface area contributed by atoms with Gasteiger partial charge in [0.2, 0.25) is 5.88 Å². The number of pyridine rings is 2. The van der Waals surface area contributed by atoms with Gasteiger partial charge in [0.15, 0.2) is 0 Å². The molecule has 0 aromatic carbocycles. The Balaban J connectivity index is 1.39. The zero-order chi connectivity index (χ0) is 21.3. The third-order valence-corrected chi connectivity index (χ3v) is 5.83. The minimum Gasteiger partial charge on any atom is -0.476 e. The highest BCUT2D eigenvalue weighted by molar-refractivity contribution is 6.30. The van der Waals surface area contributed by atoms with E-state index < -0.39 is 0 Å². The molecular weight excluding hydrogens is 400 g/mol. The summed E-state index contributed by atoms with van der Waals surface area (Å²) in [5, 5.41) is 4.91. The molecule has 156 valence electrons. The lowest BCUT2D eigenvalue weighted by molar-refractivity contribution is 0.277. The summed E-state index contributed by atoms with van der Waals surface area (Å²) in [6.45, 7) is 4.54. The number of ether oxygens (including phenoxy) is 1. The Labute approximate surface area is 180 Å². The van der Waals surface area contributed by atoms with Gasteiger partial charge in [-0.15, -0.1) is 5.10 Å². The lowest BCUT2D eigenvalue weighted by Gasteiger charge is -2.10. The Morgan fingerprint density at radius 3 is 2.70 bits per heavy atom. The zero-order valence-electron chi connectivity index (χ0n) is 17.4. The highest BCUT2D eigenvalue weighted by Gasteiger charge is 2.40. The van der Waals surface area contributed by atoms with Crippen LogP contribution in [-0.4, -0.2) is 26.4 Å². The van der Waals surface area contributed by atoms with Gasteiger partial charge in [-0.3, -0.25) is 14.8 Å². The number of nitrogens with zero attached hydrogens (tertiary/aromatic N) is 4. The molecule has 3 aromatic rings. The Hall–Kier alpha value is -2.73. The van der Waals surface area contributed by atoms with Crippen LogP contribution in [0.3, 0.4) is 0 Å². The van der Waals surface area contributed by atoms with Crippen LogP contribution < -0.4 is 10.3 Å². The van der Waals surface area contributed by atoms with Gasteiger partial charge in [0.25, 0.3) is 5.56 Å². The zero-order valence-corrected chi connectivity index (χ0v) is 18.2. The summed E-state index contributed by atoms with van der Waals surface area (Å²) in [6, 6.07) is 9.70. The molecule has 1 aliphatic rings. The van der Waals surface area contributed by atoms with E-state index in [2.05, 4.69) is 21.1 Å². The fourth-order valence-corrected chi connectivity index (χ4v) is 3.84. The van der Waals surface area contributed by atoms with E-state index in [0.717, 1.165) is 35.5 Å². The summed E-state index contributed by atoms with van der Waals surface area (Å²) in [5.41, 5.74) is 4.82. The number of hydrogen-bond acceptors (Lipinski definition) is 5. The monoisotopic (exact) mass is 424 g/mol. The number of aryl methyl sites for hydroxylation is 5. The SMILES string of the molecule is Cc1ccc(CCc2cc(OC[C@H]3C[C@@H]3c3ccc(Cl)cn3)nn(C)c2=O)c(C)n1. The lowest BCUT2D eigenvalue weighted by atomic mass is 10.0. The maximum absolute atomic E-state index is 12.5. The van der Waals surface area contributed by atoms with Gasteiger partial charge >= 0.3 is 0 Å². The van der Waals surface area contributed by atoms with Crippen LogP contribution in [0.4, 0.5) is 0 Å². The summed E-state index contributed by atoms with van der Waals surface area (Å²) in [6.07, 6.45) is 4.09. The van der Waals surface area contributed by atoms with Gasteiger partial charge in [0, 0.05) is 53.8 Å². The number of halogens is 1. The standard InChI is InChI=1S/C23H25ClN4O2/c1-14-4-5-16(15(2)26-14)6-7-17-11-22(27-28(3)23(17)29)30-13-18-10-20(18)21-9-8-19(24)12-25-21/h4-5,8-9,11-12,18,20H,6-7,10,13H2,1-3H3/t18-,20+/m1/s1. The smallest absolute Gasteiger partial charge is 0.269 e. The first-order valence-electron chi connectivity index (χ1n) is 10.2. The highest BCUT2D eigenvalue weighted by Crippen LogP contribution is 2.46. The second-order valence-corrected chi connectivity index (χ2v) is 8.38. The largest absolute Gasteiger partial charge is 0.476 e. The maximum atomic E-state index is 12.5. The Morgan fingerprint density at radius 2 is 1.97 bits per heavy atom. The first-order valence-corrected chi connectivity index (χ1v) is 10.5. The van der Waals surface area contributed by atoms with E-state index in [9.17, 15) is 4.79 Å². The van der Waals surface area contributed by atoms with Crippen LogP contribution in [-0.2, 0) is 19.9 Å². The molecule has 0 spiro atoms. The molecule has 3 aromatic heterocycles. The van der Waals surface area contributed by atoms with Crippen LogP contribution in [0.15, 0.2) is 41.3 Å². The molecular formula is C23H25ClN4O2. The van der Waals surface area contributed by atoms with Crippen LogP contribution >= 0.6 is 11.6 Å². The maximum Gasteiger partial charge on any atom is 0.269 e. The first-order chi connectivity index (χ1) is 14.4. The molecule has 0 N–H and O–H groups in total. The van der Waals surface area contributed by atoms with E-state index in [1.165, 1.54) is 4.68 Å². The van der Waals surface area contributed by atoms with Gasteiger partial charge < -0.3 is 4.74 Å². The van der Waals surface area contributed by atoms with E-state index in [-0.39, 0.29) is 5.56 Å². The van der Waals surface area contributed by atoms with Crippen molar-refractivity contribution in [2.45, 2.75) is 39.0 Å². The highest BCUT2D eigenvalue weighted by atomic mass is 35.5. The number of rotatable bonds is 7. The predicted molar refractivity (Wildman–Crippen MR) is 116 cm³/mol. The Bertz CT molecular complexity index is 1110. The molecule has 7 heteroatoms. The molecule has 0 bridgehead atoms. The topological polar surface area (TPSA) is 69.9 Å². The average molecular weight is 425 g/mol. The molecule has 1 fully saturated rings. The summed E-state index contributed by atoms with van der Waals surface area (Å²) in [5.74, 6) is 1.29. The van der Waals surface area contributed by atoms with Gasteiger partial charge in [0.05, 0.1) is 11.6 Å². The number of aromatic nitrogens is 4. The Morgan fingerprint density at radius 1 is 1.17 bits per heavy atom. The summed E-state index contributed by atoms with van der Waals surface area (Å²) >= 11 is 5.91. The molecule has 0 unspecified atom stereocenters. The van der Waals surface area contributed by atoms with E-state index >= 15 is 0 Å². The molecule has 0 aliphatic heterocycles. The van der Waals surface area contributed by atoms with Crippen molar-refractivity contribution in [3.05, 3.63) is 80.1 Å². The van der Waals surface area contributed by atoms with Crippen molar-refractivity contribution < 1.29 is 4.74 Å². The predicted octanol–water partition coefficient (Wildman–Crippen LogP) is 3.81. The normalized spacial score (nSPS) is 17.7. The second kappa shape index (κ2) is 8.56. The number of hydrogen-bond donors (Lipinski definition) is 0. The summed E-state index contributed by atoms with van der Waals surface area (Å²) in [7, 11) is 1.66. The van der Waals surface area contributed by atoms with Gasteiger partial charge in [0.1, 0.15) is 0 Å². The quantitative estimate of drug-likeness (QED) is 0.576. The Kier molecular flexibility index (Phi) is 5.86. The van der Waals surface area contributed by atoms with Gasteiger partial charge in [-0.05, 0) is 56.9 Å². The van der Waals surface area contributed by atoms with Crippen molar-refractivity contribution in [1.82, 2.24) is 19.7 Å². The molecule has 1 aliphatic carbocycles. The van der Waals surface area contributed by atoms with Crippen molar-refractivity contribution in [2.24, 2.45) is 13.0 Å². The lowest BCUT2D eigenvalue weighted by Crippen LogP contribution is -2.24. The summed E-state index contributed by atoms with van der Waals surface area (Å²) in [4.78, 5) is 21.4. The fourth-order valence-electron chi connectivity index (χ4n) is 3.73. The van der Waals surface area contributed by atoms with Crippen molar-refractivity contribution in [2.75, 3.05) is 6.61 Å². The van der Waals surface area contributed by atoms with Crippen LogP contribution in [0.25, 0.3) is 0 Å². The molecule has 6 nitrogen and oxygen atoms in total. The van der Waals surface area contributed by atoms with Gasteiger partial charge in [-0.2, -0.15) is 0 Å². The van der Waals surface area contributed by atoms with E-state index in [1.807, 2.05) is 32.0 Å². The van der Waals surface area contributed by atoms with Crippen molar-refractivity contribution in [1.29, 1.82) is 0 Å². The minimum atomic E-state index is -0.0882. The molecule has 2 atom stereocenters. The van der Waals surface area contributed by atoms with Crippen LogP contribution in [0.5, 0.6) is 5.88 Å². The van der Waals surface area contributed by atoms with Crippen LogP contribution in [0.1, 0.15) is 40.5 Å². The van der Waals surface area contributed by atoms with Crippen LogP contribution in [0.2, 0.25) is 5.02 Å². The molecule has 0 saturated heterocycles. The van der Waals surface area contributed by atoms with Crippen molar-refractivity contribution >= 4 is 11.6 Å². The fraction of sp³-hybridized carbons (Fsp3) is 0.391. The van der Waals surface area contributed by atoms with Gasteiger partial charge in [-0.25, -0.2) is 4.68 Å². The molecule has 4 rings (SSSR count). The van der Waals surface area contributed by atoms with E-state index in [1.54, 1.807) is 19.3 Å². The first kappa shape index (κ1) is 20.5. The third kappa shape index (κ3) is 4.70. The van der Waals surface area contributed by atoms with Crippen molar-refractivity contribution in [3.8, 4) is 5.88 Å². The molecule has 1 saturated carbocycles. The molecule has 30 heavy (non-hydrogen) atoms. The van der Waals surface area contributed by atoms with Crippen molar-refractivity contribution in [3.63, 3.8) is 0 Å².